The Morgan fingerprint density at radius 3 is 2.33 bits per heavy atom. The van der Waals surface area contributed by atoms with Crippen molar-refractivity contribution in [2.45, 2.75) is 51.6 Å². The van der Waals surface area contributed by atoms with E-state index in [1.54, 1.807) is 41.3 Å². The lowest BCUT2D eigenvalue weighted by atomic mass is 10.0. The molecule has 12 heteroatoms. The van der Waals surface area contributed by atoms with E-state index in [4.69, 9.17) is 32.7 Å². The van der Waals surface area contributed by atoms with Gasteiger partial charge in [-0.1, -0.05) is 72.9 Å². The summed E-state index contributed by atoms with van der Waals surface area (Å²) in [6.07, 6.45) is 3.37. The van der Waals surface area contributed by atoms with Crippen LogP contribution in [0.1, 0.15) is 43.7 Å². The maximum atomic E-state index is 14.0. The number of fused-ring (bicyclic) bond motifs is 1. The number of benzene rings is 3. The number of nitrogens with one attached hydrogen (secondary N) is 1. The van der Waals surface area contributed by atoms with Gasteiger partial charge < -0.3 is 19.7 Å². The van der Waals surface area contributed by atoms with Crippen LogP contribution in [0.5, 0.6) is 11.5 Å². The maximum absolute atomic E-state index is 14.0. The number of nitrogens with zero attached hydrogens (tertiary/aromatic N) is 2. The molecule has 0 aliphatic carbocycles. The Kier molecular flexibility index (Phi) is 12.4. The number of anilines is 1. The minimum absolute atomic E-state index is 0.00538. The summed E-state index contributed by atoms with van der Waals surface area (Å²) in [6.45, 7) is 3.50. The Hall–Kier alpha value is -3.47. The minimum Gasteiger partial charge on any atom is -0.486 e. The van der Waals surface area contributed by atoms with Crippen LogP contribution in [0.15, 0.2) is 66.7 Å². The van der Waals surface area contributed by atoms with Gasteiger partial charge in [-0.2, -0.15) is 0 Å². The van der Waals surface area contributed by atoms with Gasteiger partial charge in [0.15, 0.2) is 11.5 Å². The molecule has 9 nitrogen and oxygen atoms in total. The van der Waals surface area contributed by atoms with Gasteiger partial charge in [-0.25, -0.2) is 8.42 Å². The van der Waals surface area contributed by atoms with Crippen molar-refractivity contribution in [3.63, 3.8) is 0 Å². The van der Waals surface area contributed by atoms with E-state index in [-0.39, 0.29) is 37.7 Å². The monoisotopic (exact) mass is 675 g/mol. The fourth-order valence-electron chi connectivity index (χ4n) is 5.09. The molecule has 3 aromatic rings. The highest BCUT2D eigenvalue weighted by Crippen LogP contribution is 2.35. The number of hydrogen-bond donors (Lipinski definition) is 1. The maximum Gasteiger partial charge on any atom is 0.243 e. The Morgan fingerprint density at radius 2 is 1.64 bits per heavy atom. The van der Waals surface area contributed by atoms with Gasteiger partial charge in [-0.05, 0) is 48.2 Å². The van der Waals surface area contributed by atoms with Crippen molar-refractivity contribution in [2.24, 2.45) is 0 Å². The summed E-state index contributed by atoms with van der Waals surface area (Å²) < 4.78 is 38.1. The van der Waals surface area contributed by atoms with Gasteiger partial charge >= 0.3 is 0 Å². The summed E-state index contributed by atoms with van der Waals surface area (Å²) >= 11 is 12.5. The van der Waals surface area contributed by atoms with E-state index in [2.05, 4.69) is 5.32 Å². The predicted octanol–water partition coefficient (Wildman–Crippen LogP) is 5.87. The largest absolute Gasteiger partial charge is 0.486 e. The zero-order valence-corrected chi connectivity index (χ0v) is 27.8. The zero-order valence-electron chi connectivity index (χ0n) is 25.5. The average molecular weight is 677 g/mol. The molecule has 3 aromatic carbocycles. The molecule has 1 atom stereocenters. The van der Waals surface area contributed by atoms with E-state index in [0.29, 0.717) is 59.0 Å². The second-order valence-electron chi connectivity index (χ2n) is 10.9. The van der Waals surface area contributed by atoms with Crippen LogP contribution in [0.4, 0.5) is 5.69 Å². The third kappa shape index (κ3) is 9.76. The van der Waals surface area contributed by atoms with Crippen molar-refractivity contribution in [3.05, 3.63) is 87.9 Å². The summed E-state index contributed by atoms with van der Waals surface area (Å²) in [4.78, 5) is 29.2. The van der Waals surface area contributed by atoms with Crippen LogP contribution in [-0.2, 0) is 32.6 Å². The number of rotatable bonds is 15. The molecule has 1 heterocycles. The molecule has 0 fully saturated rings. The SMILES string of the molecule is CCCCNC(=O)[C@H](Cc1ccccc1)N(Cc1ccc(Cl)c(Cl)c1)C(=O)CCCN(c1ccc2c(c1)OCCO2)S(C)(=O)=O. The lowest BCUT2D eigenvalue weighted by Crippen LogP contribution is -2.50. The van der Waals surface area contributed by atoms with Crippen LogP contribution in [0.3, 0.4) is 0 Å². The van der Waals surface area contributed by atoms with E-state index in [0.717, 1.165) is 24.7 Å². The van der Waals surface area contributed by atoms with Crippen LogP contribution in [0.2, 0.25) is 10.0 Å². The number of unbranched alkanes of at least 4 members (excludes halogenated alkanes) is 1. The first-order valence-electron chi connectivity index (χ1n) is 15.0. The first kappa shape index (κ1) is 34.4. The van der Waals surface area contributed by atoms with Gasteiger partial charge in [-0.15, -0.1) is 0 Å². The van der Waals surface area contributed by atoms with E-state index in [1.807, 2.05) is 37.3 Å². The molecule has 1 N–H and O–H groups in total. The molecule has 4 rings (SSSR count). The highest BCUT2D eigenvalue weighted by molar-refractivity contribution is 7.92. The number of carbonyl (C=O) groups is 2. The Bertz CT molecular complexity index is 1570. The average Bonchev–Trinajstić information content (AvgIpc) is 3.02. The number of amides is 2. The molecule has 0 aromatic heterocycles. The zero-order chi connectivity index (χ0) is 32.4. The fourth-order valence-corrected chi connectivity index (χ4v) is 6.36. The first-order chi connectivity index (χ1) is 21.6. The summed E-state index contributed by atoms with van der Waals surface area (Å²) in [5.41, 5.74) is 2.03. The standard InChI is InChI=1S/C33H39Cl2N3O6S/c1-3-4-16-36-33(40)29(21-24-9-6-5-7-10-24)37(23-25-12-14-27(34)28(35)20-25)32(39)11-8-17-38(45(2,41)42)26-13-15-30-31(22-26)44-19-18-43-30/h5-7,9-10,12-15,20,22,29H,3-4,8,11,16-19,21,23H2,1-2H3,(H,36,40)/t29-/m0/s1. The molecular weight excluding hydrogens is 637 g/mol. The molecule has 1 aliphatic rings. The summed E-state index contributed by atoms with van der Waals surface area (Å²) in [6, 6.07) is 18.8. The molecule has 0 bridgehead atoms. The van der Waals surface area contributed by atoms with Crippen molar-refractivity contribution in [1.29, 1.82) is 0 Å². The molecule has 2 amide bonds. The van der Waals surface area contributed by atoms with E-state index in [9.17, 15) is 18.0 Å². The van der Waals surface area contributed by atoms with Gasteiger partial charge in [0, 0.05) is 38.5 Å². The summed E-state index contributed by atoms with van der Waals surface area (Å²) in [7, 11) is -3.68. The van der Waals surface area contributed by atoms with Crippen molar-refractivity contribution in [1.82, 2.24) is 10.2 Å². The van der Waals surface area contributed by atoms with E-state index >= 15 is 0 Å². The number of sulfonamides is 1. The number of carbonyl (C=O) groups excluding carboxylic acids is 2. The number of ether oxygens (including phenoxy) is 2. The summed E-state index contributed by atoms with van der Waals surface area (Å²) in [5, 5.41) is 3.73. The molecule has 1 aliphatic heterocycles. The van der Waals surface area contributed by atoms with Gasteiger partial charge in [0.05, 0.1) is 22.0 Å². The molecule has 242 valence electrons. The van der Waals surface area contributed by atoms with Crippen molar-refractivity contribution < 1.29 is 27.5 Å². The first-order valence-corrected chi connectivity index (χ1v) is 17.6. The second kappa shape index (κ2) is 16.2. The molecule has 0 unspecified atom stereocenters. The van der Waals surface area contributed by atoms with Crippen LogP contribution in [-0.4, -0.2) is 63.7 Å². The second-order valence-corrected chi connectivity index (χ2v) is 13.6. The number of halogens is 2. The van der Waals surface area contributed by atoms with Crippen LogP contribution in [0.25, 0.3) is 0 Å². The quantitative estimate of drug-likeness (QED) is 0.202. The van der Waals surface area contributed by atoms with Gasteiger partial charge in [0.25, 0.3) is 0 Å². The molecule has 45 heavy (non-hydrogen) atoms. The van der Waals surface area contributed by atoms with E-state index in [1.165, 1.54) is 4.31 Å². The fraction of sp³-hybridized carbons (Fsp3) is 0.394. The molecule has 0 saturated heterocycles. The molecule has 0 radical (unpaired) electrons. The van der Waals surface area contributed by atoms with Crippen LogP contribution in [0, 0.1) is 0 Å². The normalized spacial score (nSPS) is 13.2. The van der Waals surface area contributed by atoms with E-state index < -0.39 is 16.1 Å². The van der Waals surface area contributed by atoms with Crippen LogP contribution >= 0.6 is 23.2 Å². The summed E-state index contributed by atoms with van der Waals surface area (Å²) in [5.74, 6) is 0.473. The van der Waals surface area contributed by atoms with Gasteiger partial charge in [-0.3, -0.25) is 13.9 Å². The minimum atomic E-state index is -3.68. The molecule has 0 spiro atoms. The Balaban J connectivity index is 1.58. The number of hydrogen-bond acceptors (Lipinski definition) is 6. The van der Waals surface area contributed by atoms with Crippen molar-refractivity contribution in [2.75, 3.05) is 36.9 Å². The predicted molar refractivity (Wildman–Crippen MR) is 178 cm³/mol. The lowest BCUT2D eigenvalue weighted by Gasteiger charge is -2.32. The van der Waals surface area contributed by atoms with Crippen molar-refractivity contribution >= 4 is 50.7 Å². The van der Waals surface area contributed by atoms with Crippen LogP contribution < -0.4 is 19.1 Å². The highest BCUT2D eigenvalue weighted by atomic mass is 35.5. The Morgan fingerprint density at radius 1 is 0.911 bits per heavy atom. The lowest BCUT2D eigenvalue weighted by molar-refractivity contribution is -0.141. The smallest absolute Gasteiger partial charge is 0.243 e. The highest BCUT2D eigenvalue weighted by Gasteiger charge is 2.31. The van der Waals surface area contributed by atoms with Gasteiger partial charge in [0.1, 0.15) is 19.3 Å². The topological polar surface area (TPSA) is 105 Å². The third-order valence-electron chi connectivity index (χ3n) is 7.40. The molecular formula is C33H39Cl2N3O6S. The van der Waals surface area contributed by atoms with Gasteiger partial charge in [0.2, 0.25) is 21.8 Å². The third-order valence-corrected chi connectivity index (χ3v) is 9.34. The van der Waals surface area contributed by atoms with Crippen molar-refractivity contribution in [3.8, 4) is 11.5 Å². The Labute approximate surface area is 275 Å². The molecule has 0 saturated carbocycles.